The van der Waals surface area contributed by atoms with Gasteiger partial charge in [-0.2, -0.15) is 0 Å². The van der Waals surface area contributed by atoms with E-state index in [1.807, 2.05) is 36.8 Å². The Morgan fingerprint density at radius 3 is 2.83 bits per heavy atom. The zero-order valence-corrected chi connectivity index (χ0v) is 11.9. The van der Waals surface area contributed by atoms with Gasteiger partial charge in [0.15, 0.2) is 5.78 Å². The lowest BCUT2D eigenvalue weighted by atomic mass is 10.0. The third-order valence-electron chi connectivity index (χ3n) is 3.15. The Morgan fingerprint density at radius 2 is 2.28 bits per heavy atom. The predicted octanol–water partition coefficient (Wildman–Crippen LogP) is 3.71. The van der Waals surface area contributed by atoms with Crippen LogP contribution in [-0.2, 0) is 7.05 Å². The van der Waals surface area contributed by atoms with E-state index < -0.39 is 0 Å². The van der Waals surface area contributed by atoms with Crippen LogP contribution in [0.1, 0.15) is 28.2 Å². The highest BCUT2D eigenvalue weighted by molar-refractivity contribution is 6.30. The van der Waals surface area contributed by atoms with Gasteiger partial charge >= 0.3 is 0 Å². The molecule has 0 bridgehead atoms. The van der Waals surface area contributed by atoms with Gasteiger partial charge in [0.25, 0.3) is 0 Å². The average Bonchev–Trinajstić information content (AvgIpc) is 2.65. The second-order valence-electron chi connectivity index (χ2n) is 4.45. The molecular formula is C14H15Cl2NO. The third kappa shape index (κ3) is 2.40. The molecule has 4 heteroatoms. The summed E-state index contributed by atoms with van der Waals surface area (Å²) in [5, 5.41) is 0.0678. The minimum absolute atomic E-state index is 0.00930. The molecule has 1 aromatic heterocycles. The van der Waals surface area contributed by atoms with Gasteiger partial charge in [-0.15, -0.1) is 23.2 Å². The summed E-state index contributed by atoms with van der Waals surface area (Å²) in [5.41, 5.74) is 3.90. The largest absolute Gasteiger partial charge is 0.341 e. The van der Waals surface area contributed by atoms with Gasteiger partial charge in [0.2, 0.25) is 0 Å². The molecule has 96 valence electrons. The minimum atomic E-state index is -0.0517. The molecule has 0 fully saturated rings. The average molecular weight is 284 g/mol. The van der Waals surface area contributed by atoms with Crippen molar-refractivity contribution in [2.24, 2.45) is 7.05 Å². The molecule has 0 N–H and O–H groups in total. The number of hydrogen-bond acceptors (Lipinski definition) is 1. The highest BCUT2D eigenvalue weighted by atomic mass is 35.5. The van der Waals surface area contributed by atoms with Crippen LogP contribution in [0.3, 0.4) is 0 Å². The number of hydrogen-bond donors (Lipinski definition) is 0. The van der Waals surface area contributed by atoms with Crippen LogP contribution in [-0.4, -0.2) is 21.6 Å². The number of carbonyl (C=O) groups excluding carboxylic acids is 1. The van der Waals surface area contributed by atoms with Crippen LogP contribution < -0.4 is 0 Å². The monoisotopic (exact) mass is 283 g/mol. The number of halogens is 2. The Labute approximate surface area is 117 Å². The molecule has 1 heterocycles. The third-order valence-corrected chi connectivity index (χ3v) is 3.72. The summed E-state index contributed by atoms with van der Waals surface area (Å²) in [6.07, 6.45) is 6.91. The van der Waals surface area contributed by atoms with Crippen molar-refractivity contribution < 1.29 is 4.79 Å². The summed E-state index contributed by atoms with van der Waals surface area (Å²) in [5.74, 6) is -0.0424. The fourth-order valence-corrected chi connectivity index (χ4v) is 2.58. The number of Topliss-reactive ketones (excluding diaryl/α,β-unsaturated/α-hetero) is 1. The van der Waals surface area contributed by atoms with Gasteiger partial charge in [-0.3, -0.25) is 4.79 Å². The Bertz CT molecular complexity index is 540. The lowest BCUT2D eigenvalue weighted by Crippen LogP contribution is -2.09. The van der Waals surface area contributed by atoms with Crippen LogP contribution in [0.15, 0.2) is 24.3 Å². The molecule has 0 amide bonds. The molecule has 1 aliphatic rings. The molecule has 0 radical (unpaired) electrons. The van der Waals surface area contributed by atoms with Crippen LogP contribution in [0.4, 0.5) is 0 Å². The van der Waals surface area contributed by atoms with Crippen molar-refractivity contribution in [1.82, 2.24) is 4.57 Å². The Morgan fingerprint density at radius 1 is 1.56 bits per heavy atom. The first-order valence-electron chi connectivity index (χ1n) is 5.83. The summed E-state index contributed by atoms with van der Waals surface area (Å²) in [6, 6.07) is 1.89. The number of rotatable bonds is 3. The summed E-state index contributed by atoms with van der Waals surface area (Å²) < 4.78 is 1.91. The number of ketones is 1. The minimum Gasteiger partial charge on any atom is -0.341 e. The molecule has 1 aromatic rings. The summed E-state index contributed by atoms with van der Waals surface area (Å²) in [4.78, 5) is 11.7. The van der Waals surface area contributed by atoms with Gasteiger partial charge < -0.3 is 4.57 Å². The summed E-state index contributed by atoms with van der Waals surface area (Å²) in [7, 11) is 1.89. The number of aryl methyl sites for hydroxylation is 1. The van der Waals surface area contributed by atoms with Gasteiger partial charge in [0, 0.05) is 7.05 Å². The van der Waals surface area contributed by atoms with Crippen molar-refractivity contribution in [3.63, 3.8) is 0 Å². The molecule has 0 aromatic carbocycles. The number of allylic oxidation sites excluding steroid dienone is 4. The first-order chi connectivity index (χ1) is 8.54. The second-order valence-corrected chi connectivity index (χ2v) is 5.28. The molecule has 2 nitrogen and oxygen atoms in total. The summed E-state index contributed by atoms with van der Waals surface area (Å²) in [6.45, 7) is 2.00. The maximum absolute atomic E-state index is 11.7. The maximum Gasteiger partial charge on any atom is 0.193 e. The number of alkyl halides is 2. The van der Waals surface area contributed by atoms with Crippen molar-refractivity contribution in [3.8, 4) is 0 Å². The van der Waals surface area contributed by atoms with E-state index in [0.29, 0.717) is 5.69 Å². The molecular weight excluding hydrogens is 269 g/mol. The quantitative estimate of drug-likeness (QED) is 0.612. The Kier molecular flexibility index (Phi) is 3.98. The lowest BCUT2D eigenvalue weighted by molar-refractivity contribution is 0.101. The van der Waals surface area contributed by atoms with E-state index in [9.17, 15) is 4.79 Å². The molecule has 0 saturated carbocycles. The highest BCUT2D eigenvalue weighted by Crippen LogP contribution is 2.28. The van der Waals surface area contributed by atoms with E-state index in [2.05, 4.69) is 6.08 Å². The Hall–Kier alpha value is -0.990. The van der Waals surface area contributed by atoms with Gasteiger partial charge in [0.1, 0.15) is 0 Å². The van der Waals surface area contributed by atoms with Crippen LogP contribution in [0, 0.1) is 6.92 Å². The van der Waals surface area contributed by atoms with Crippen LogP contribution in [0.2, 0.25) is 0 Å². The van der Waals surface area contributed by atoms with E-state index in [4.69, 9.17) is 23.2 Å². The molecule has 18 heavy (non-hydrogen) atoms. The van der Waals surface area contributed by atoms with Crippen molar-refractivity contribution in [3.05, 3.63) is 41.2 Å². The molecule has 0 saturated heterocycles. The fraction of sp³-hybridized carbons (Fsp3) is 0.357. The SMILES string of the molecule is Cc1cc(C(=O)CCl)n(C)c1C1=CCC(Cl)C=C1. The molecule has 0 spiro atoms. The zero-order chi connectivity index (χ0) is 13.3. The fourth-order valence-electron chi connectivity index (χ4n) is 2.28. The standard InChI is InChI=1S/C14H15Cl2NO/c1-9-7-12(13(18)8-15)17(2)14(9)10-3-5-11(16)6-4-10/h3-5,7,11H,6,8H2,1-2H3. The van der Waals surface area contributed by atoms with E-state index >= 15 is 0 Å². The smallest absolute Gasteiger partial charge is 0.193 e. The molecule has 1 aliphatic carbocycles. The highest BCUT2D eigenvalue weighted by Gasteiger charge is 2.18. The van der Waals surface area contributed by atoms with E-state index in [-0.39, 0.29) is 17.0 Å². The predicted molar refractivity (Wildman–Crippen MR) is 76.6 cm³/mol. The van der Waals surface area contributed by atoms with E-state index in [1.165, 1.54) is 0 Å². The van der Waals surface area contributed by atoms with E-state index in [0.717, 1.165) is 23.3 Å². The zero-order valence-electron chi connectivity index (χ0n) is 10.4. The number of aromatic nitrogens is 1. The topological polar surface area (TPSA) is 22.0 Å². The van der Waals surface area contributed by atoms with Crippen molar-refractivity contribution in [2.75, 3.05) is 5.88 Å². The lowest BCUT2D eigenvalue weighted by Gasteiger charge is -2.13. The first-order valence-corrected chi connectivity index (χ1v) is 6.80. The van der Waals surface area contributed by atoms with Crippen LogP contribution >= 0.6 is 23.2 Å². The number of nitrogens with zero attached hydrogens (tertiary/aromatic N) is 1. The van der Waals surface area contributed by atoms with Gasteiger partial charge in [-0.05, 0) is 30.5 Å². The molecule has 0 aliphatic heterocycles. The van der Waals surface area contributed by atoms with Crippen LogP contribution in [0.25, 0.3) is 5.57 Å². The normalized spacial score (nSPS) is 18.9. The number of carbonyl (C=O) groups is 1. The van der Waals surface area contributed by atoms with Gasteiger partial charge in [-0.25, -0.2) is 0 Å². The first kappa shape index (κ1) is 13.4. The summed E-state index contributed by atoms with van der Waals surface area (Å²) >= 11 is 11.6. The Balaban J connectivity index is 2.44. The van der Waals surface area contributed by atoms with Crippen LogP contribution in [0.5, 0.6) is 0 Å². The molecule has 1 unspecified atom stereocenters. The van der Waals surface area contributed by atoms with Crippen molar-refractivity contribution in [1.29, 1.82) is 0 Å². The van der Waals surface area contributed by atoms with Gasteiger partial charge in [-0.1, -0.05) is 18.2 Å². The van der Waals surface area contributed by atoms with E-state index in [1.54, 1.807) is 0 Å². The van der Waals surface area contributed by atoms with Crippen molar-refractivity contribution >= 4 is 34.6 Å². The molecule has 1 atom stereocenters. The van der Waals surface area contributed by atoms with Crippen molar-refractivity contribution in [2.45, 2.75) is 18.7 Å². The second kappa shape index (κ2) is 5.33. The molecule has 2 rings (SSSR count). The maximum atomic E-state index is 11.7. The van der Waals surface area contributed by atoms with Gasteiger partial charge in [0.05, 0.1) is 22.6 Å².